The molecule has 3 aliphatic heterocycles. The number of nitrogens with zero attached hydrogens (tertiary/aromatic N) is 4. The number of amides is 3. The van der Waals surface area contributed by atoms with Crippen LogP contribution in [0.3, 0.4) is 0 Å². The number of anilines is 2. The van der Waals surface area contributed by atoms with Gasteiger partial charge in [-0.1, -0.05) is 30.3 Å². The maximum Gasteiger partial charge on any atom is 0.255 e. The third-order valence-corrected chi connectivity index (χ3v) is 10.4. The minimum absolute atomic E-state index is 0.0331. The number of piperidine rings is 1. The number of nitrogens with one attached hydrogen (secondary N) is 1. The quantitative estimate of drug-likeness (QED) is 0.334. The van der Waals surface area contributed by atoms with Crippen molar-refractivity contribution in [2.75, 3.05) is 29.4 Å². The summed E-state index contributed by atoms with van der Waals surface area (Å²) >= 11 is 0. The highest BCUT2D eigenvalue weighted by molar-refractivity contribution is 6.05. The van der Waals surface area contributed by atoms with Gasteiger partial charge in [-0.25, -0.2) is 0 Å². The van der Waals surface area contributed by atoms with Gasteiger partial charge in [-0.2, -0.15) is 0 Å². The van der Waals surface area contributed by atoms with Crippen molar-refractivity contribution in [3.63, 3.8) is 0 Å². The van der Waals surface area contributed by atoms with Gasteiger partial charge in [0.15, 0.2) is 0 Å². The van der Waals surface area contributed by atoms with Crippen LogP contribution in [0.1, 0.15) is 72.5 Å². The first kappa shape index (κ1) is 30.5. The van der Waals surface area contributed by atoms with Crippen molar-refractivity contribution in [2.24, 2.45) is 5.92 Å². The molecule has 2 aromatic carbocycles. The Morgan fingerprint density at radius 3 is 2.54 bits per heavy atom. The lowest BCUT2D eigenvalue weighted by Crippen LogP contribution is -2.55. The van der Waals surface area contributed by atoms with E-state index in [4.69, 9.17) is 9.26 Å². The summed E-state index contributed by atoms with van der Waals surface area (Å²) in [6.45, 7) is 13.4. The Kier molecular flexibility index (Phi) is 7.87. The largest absolute Gasteiger partial charge is 0.370 e. The number of fused-ring (bicyclic) bond motifs is 1. The maximum atomic E-state index is 13.3. The Hall–Kier alpha value is -4.18. The van der Waals surface area contributed by atoms with Crippen LogP contribution in [0.5, 0.6) is 0 Å². The van der Waals surface area contributed by atoms with Gasteiger partial charge in [0, 0.05) is 61.1 Å². The average Bonchev–Trinajstić information content (AvgIpc) is 3.51. The van der Waals surface area contributed by atoms with E-state index in [1.54, 1.807) is 4.90 Å². The zero-order chi connectivity index (χ0) is 32.3. The lowest BCUT2D eigenvalue weighted by atomic mass is 9.79. The van der Waals surface area contributed by atoms with Crippen molar-refractivity contribution in [3.8, 4) is 11.1 Å². The van der Waals surface area contributed by atoms with Gasteiger partial charge in [0.1, 0.15) is 11.8 Å². The number of hydrogen-bond acceptors (Lipinski definition) is 8. The number of carbonyl (C=O) groups is 3. The van der Waals surface area contributed by atoms with Crippen LogP contribution >= 0.6 is 0 Å². The Labute approximate surface area is 270 Å². The molecule has 1 saturated carbocycles. The molecule has 4 heterocycles. The van der Waals surface area contributed by atoms with Crippen LogP contribution in [-0.4, -0.2) is 71.7 Å². The van der Waals surface area contributed by atoms with Gasteiger partial charge in [0.25, 0.3) is 5.91 Å². The summed E-state index contributed by atoms with van der Waals surface area (Å²) in [7, 11) is 0. The molecule has 2 saturated heterocycles. The van der Waals surface area contributed by atoms with Crippen LogP contribution in [0.15, 0.2) is 40.9 Å². The molecule has 3 aromatic rings. The predicted octanol–water partition coefficient (Wildman–Crippen LogP) is 4.93. The van der Waals surface area contributed by atoms with Gasteiger partial charge in [0.2, 0.25) is 11.8 Å². The van der Waals surface area contributed by atoms with Crippen LogP contribution in [0.2, 0.25) is 0 Å². The smallest absolute Gasteiger partial charge is 0.255 e. The van der Waals surface area contributed by atoms with Gasteiger partial charge < -0.3 is 24.0 Å². The number of aromatic nitrogens is 1. The van der Waals surface area contributed by atoms with Crippen molar-refractivity contribution >= 4 is 29.1 Å². The SMILES string of the molecule is Cc1ccc(-c2c(C)noc2C)cc1N(CC(C)OC1CN(c2ccc3c(c2)C(=O)N(C2CCC(=O)NC2=O)C3)C1)[C@@H]1CCC1C. The van der Waals surface area contributed by atoms with Gasteiger partial charge in [-0.05, 0) is 87.8 Å². The number of imide groups is 1. The minimum atomic E-state index is -0.603. The number of hydrogen-bond donors (Lipinski definition) is 1. The van der Waals surface area contributed by atoms with E-state index in [1.165, 1.54) is 24.1 Å². The Morgan fingerprint density at radius 2 is 1.87 bits per heavy atom. The molecule has 1 N–H and O–H groups in total. The lowest BCUT2D eigenvalue weighted by Gasteiger charge is -2.47. The molecule has 242 valence electrons. The van der Waals surface area contributed by atoms with E-state index in [0.717, 1.165) is 53.5 Å². The summed E-state index contributed by atoms with van der Waals surface area (Å²) in [5.74, 6) is 0.651. The highest BCUT2D eigenvalue weighted by Gasteiger charge is 2.40. The van der Waals surface area contributed by atoms with E-state index >= 15 is 0 Å². The van der Waals surface area contributed by atoms with Crippen molar-refractivity contribution < 1.29 is 23.6 Å². The third-order valence-electron chi connectivity index (χ3n) is 10.4. The van der Waals surface area contributed by atoms with E-state index in [-0.39, 0.29) is 36.4 Å². The Bertz CT molecular complexity index is 1670. The second-order valence-corrected chi connectivity index (χ2v) is 13.7. The molecular weight excluding hydrogens is 582 g/mol. The van der Waals surface area contributed by atoms with Crippen LogP contribution < -0.4 is 15.1 Å². The third kappa shape index (κ3) is 5.46. The minimum Gasteiger partial charge on any atom is -0.370 e. The molecule has 4 aliphatic rings. The van der Waals surface area contributed by atoms with E-state index in [0.29, 0.717) is 30.5 Å². The molecule has 0 spiro atoms. The average molecular weight is 626 g/mol. The molecule has 7 rings (SSSR count). The molecule has 10 heteroatoms. The second-order valence-electron chi connectivity index (χ2n) is 13.7. The van der Waals surface area contributed by atoms with E-state index in [2.05, 4.69) is 59.2 Å². The molecule has 3 fully saturated rings. The first-order valence-corrected chi connectivity index (χ1v) is 16.6. The number of carbonyl (C=O) groups excluding carboxylic acids is 3. The molecule has 46 heavy (non-hydrogen) atoms. The number of rotatable bonds is 9. The molecule has 1 aromatic heterocycles. The highest BCUT2D eigenvalue weighted by atomic mass is 16.5. The lowest BCUT2D eigenvalue weighted by molar-refractivity contribution is -0.136. The van der Waals surface area contributed by atoms with Gasteiger partial charge in [0.05, 0.1) is 17.9 Å². The fourth-order valence-corrected chi connectivity index (χ4v) is 7.62. The Balaban J connectivity index is 0.997. The summed E-state index contributed by atoms with van der Waals surface area (Å²) in [5.41, 5.74) is 8.14. The monoisotopic (exact) mass is 625 g/mol. The molecule has 3 unspecified atom stereocenters. The summed E-state index contributed by atoms with van der Waals surface area (Å²) in [5, 5.41) is 6.55. The van der Waals surface area contributed by atoms with Crippen LogP contribution in [-0.2, 0) is 20.9 Å². The molecule has 4 atom stereocenters. The number of aryl methyl sites for hydroxylation is 3. The Morgan fingerprint density at radius 1 is 1.07 bits per heavy atom. The van der Waals surface area contributed by atoms with Crippen LogP contribution in [0, 0.1) is 26.7 Å². The van der Waals surface area contributed by atoms with E-state index in [1.807, 2.05) is 32.0 Å². The van der Waals surface area contributed by atoms with Crippen molar-refractivity contribution in [2.45, 2.75) is 91.1 Å². The molecule has 0 radical (unpaired) electrons. The first-order chi connectivity index (χ1) is 22.1. The zero-order valence-electron chi connectivity index (χ0n) is 27.3. The van der Waals surface area contributed by atoms with E-state index in [9.17, 15) is 14.4 Å². The maximum absolute atomic E-state index is 13.3. The molecular formula is C36H43N5O5. The summed E-state index contributed by atoms with van der Waals surface area (Å²) in [4.78, 5) is 43.7. The van der Waals surface area contributed by atoms with Crippen LogP contribution in [0.4, 0.5) is 11.4 Å². The van der Waals surface area contributed by atoms with Crippen molar-refractivity contribution in [1.82, 2.24) is 15.4 Å². The van der Waals surface area contributed by atoms with Crippen LogP contribution in [0.25, 0.3) is 11.1 Å². The summed E-state index contributed by atoms with van der Waals surface area (Å²) < 4.78 is 12.1. The molecule has 1 aliphatic carbocycles. The zero-order valence-corrected chi connectivity index (χ0v) is 27.3. The standard InChI is InChI=1S/C36H43N5O5/c1-20-7-11-30(20)40(32-14-25(8-6-21(32)2)34-23(4)38-46-24(34)5)16-22(3)45-28-18-39(19-28)27-10-9-26-17-41(36(44)29(26)15-27)31-12-13-33(42)37-35(31)43/h6,8-10,14-15,20,22,28,30-31H,7,11-13,16-19H2,1-5H3,(H,37,42,43)/t20?,22?,30-,31?/m1/s1. The predicted molar refractivity (Wildman–Crippen MR) is 175 cm³/mol. The number of benzene rings is 2. The molecule has 0 bridgehead atoms. The van der Waals surface area contributed by atoms with Crippen molar-refractivity contribution in [1.29, 1.82) is 0 Å². The van der Waals surface area contributed by atoms with Crippen molar-refractivity contribution in [3.05, 3.63) is 64.5 Å². The summed E-state index contributed by atoms with van der Waals surface area (Å²) in [6.07, 6.45) is 3.18. The topological polar surface area (TPSA) is 108 Å². The van der Waals surface area contributed by atoms with Gasteiger partial charge in [-0.15, -0.1) is 0 Å². The fourth-order valence-electron chi connectivity index (χ4n) is 7.62. The second kappa shape index (κ2) is 11.9. The number of ether oxygens (including phenoxy) is 1. The molecule has 10 nitrogen and oxygen atoms in total. The van der Waals surface area contributed by atoms with E-state index < -0.39 is 6.04 Å². The fraction of sp³-hybridized carbons (Fsp3) is 0.500. The normalized spacial score (nSPS) is 23.6. The van der Waals surface area contributed by atoms with Gasteiger partial charge in [-0.3, -0.25) is 19.7 Å². The van der Waals surface area contributed by atoms with Gasteiger partial charge >= 0.3 is 0 Å². The first-order valence-electron chi connectivity index (χ1n) is 16.6. The summed E-state index contributed by atoms with van der Waals surface area (Å²) in [6, 6.07) is 12.5. The molecule has 3 amide bonds. The highest BCUT2D eigenvalue weighted by Crippen LogP contribution is 2.39.